The summed E-state index contributed by atoms with van der Waals surface area (Å²) in [6, 6.07) is 15.4. The van der Waals surface area contributed by atoms with Crippen molar-refractivity contribution in [2.45, 2.75) is 24.8 Å². The van der Waals surface area contributed by atoms with E-state index in [9.17, 15) is 0 Å². The maximum atomic E-state index is 8.59. The third-order valence-corrected chi connectivity index (χ3v) is 3.19. The van der Waals surface area contributed by atoms with Crippen LogP contribution in [0.4, 0.5) is 0 Å². The van der Waals surface area contributed by atoms with Crippen LogP contribution in [0.3, 0.4) is 0 Å². The van der Waals surface area contributed by atoms with Crippen LogP contribution in [0.1, 0.15) is 25.0 Å². The average Bonchev–Trinajstić information content (AvgIpc) is 2.48. The fourth-order valence-electron chi connectivity index (χ4n) is 1.69. The number of hydrogen-bond donors (Lipinski definition) is 0. The summed E-state index contributed by atoms with van der Waals surface area (Å²) < 4.78 is 5.59. The summed E-state index contributed by atoms with van der Waals surface area (Å²) in [5, 5.41) is 10.6. The van der Waals surface area contributed by atoms with Gasteiger partial charge in [0.25, 0.3) is 0 Å². The summed E-state index contributed by atoms with van der Waals surface area (Å²) in [4.78, 5) is 0.929. The predicted molar refractivity (Wildman–Crippen MR) is 86.1 cm³/mol. The molecule has 104 valence electrons. The van der Waals surface area contributed by atoms with E-state index in [1.807, 2.05) is 67.8 Å². The number of nitriles is 1. The van der Waals surface area contributed by atoms with Crippen LogP contribution in [0, 0.1) is 22.5 Å². The van der Waals surface area contributed by atoms with Crippen LogP contribution in [0.5, 0.6) is 5.75 Å². The molecule has 0 heterocycles. The third kappa shape index (κ3) is 4.91. The Labute approximate surface area is 129 Å². The first-order valence-corrected chi connectivity index (χ1v) is 7.44. The van der Waals surface area contributed by atoms with Gasteiger partial charge in [-0.1, -0.05) is 11.8 Å². The number of ether oxygens (including phenoxy) is 1. The molecule has 2 rings (SSSR count). The molecule has 0 aromatic heterocycles. The number of rotatable bonds is 3. The van der Waals surface area contributed by atoms with E-state index >= 15 is 0 Å². The van der Waals surface area contributed by atoms with E-state index in [1.165, 1.54) is 0 Å². The SMILES string of the molecule is CC(C)Oc1ccc(C#Cc2ccc(SC#N)cc2)cc1. The second-order valence-electron chi connectivity index (χ2n) is 4.66. The van der Waals surface area contributed by atoms with E-state index in [-0.39, 0.29) is 6.10 Å². The van der Waals surface area contributed by atoms with Crippen LogP contribution in [-0.4, -0.2) is 6.10 Å². The van der Waals surface area contributed by atoms with Gasteiger partial charge >= 0.3 is 0 Å². The van der Waals surface area contributed by atoms with Gasteiger partial charge in [0.05, 0.1) is 6.10 Å². The average molecular weight is 293 g/mol. The molecule has 0 saturated carbocycles. The second-order valence-corrected chi connectivity index (χ2v) is 5.52. The Hall–Kier alpha value is -2.36. The van der Waals surface area contributed by atoms with Gasteiger partial charge in [0.2, 0.25) is 0 Å². The molecule has 2 aromatic rings. The van der Waals surface area contributed by atoms with Crippen molar-refractivity contribution in [2.75, 3.05) is 0 Å². The molecule has 0 aliphatic carbocycles. The molecule has 3 heteroatoms. The number of thioether (sulfide) groups is 1. The lowest BCUT2D eigenvalue weighted by atomic mass is 10.2. The van der Waals surface area contributed by atoms with Crippen LogP contribution in [0.2, 0.25) is 0 Å². The van der Waals surface area contributed by atoms with E-state index < -0.39 is 0 Å². The molecule has 2 nitrogen and oxygen atoms in total. The van der Waals surface area contributed by atoms with Gasteiger partial charge in [0.15, 0.2) is 0 Å². The molecule has 0 spiro atoms. The predicted octanol–water partition coefficient (Wildman–Crippen LogP) is 4.45. The van der Waals surface area contributed by atoms with Crippen molar-refractivity contribution in [3.8, 4) is 23.0 Å². The van der Waals surface area contributed by atoms with Crippen molar-refractivity contribution < 1.29 is 4.74 Å². The molecule has 0 bridgehead atoms. The van der Waals surface area contributed by atoms with Gasteiger partial charge in [-0.2, -0.15) is 5.26 Å². The van der Waals surface area contributed by atoms with Crippen LogP contribution < -0.4 is 4.74 Å². The van der Waals surface area contributed by atoms with Crippen molar-refractivity contribution >= 4 is 11.8 Å². The molecule has 0 aliphatic rings. The van der Waals surface area contributed by atoms with Gasteiger partial charge in [-0.05, 0) is 74.1 Å². The molecule has 0 amide bonds. The van der Waals surface area contributed by atoms with Crippen LogP contribution in [0.25, 0.3) is 0 Å². The van der Waals surface area contributed by atoms with Crippen molar-refractivity contribution in [1.82, 2.24) is 0 Å². The summed E-state index contributed by atoms with van der Waals surface area (Å²) in [5.41, 5.74) is 1.88. The van der Waals surface area contributed by atoms with E-state index in [0.717, 1.165) is 33.5 Å². The minimum Gasteiger partial charge on any atom is -0.491 e. The first-order valence-electron chi connectivity index (χ1n) is 6.62. The summed E-state index contributed by atoms with van der Waals surface area (Å²) >= 11 is 1.15. The Bertz CT molecular complexity index is 685. The van der Waals surface area contributed by atoms with Crippen molar-refractivity contribution in [3.05, 3.63) is 59.7 Å². The molecule has 0 atom stereocenters. The van der Waals surface area contributed by atoms with Crippen LogP contribution in [-0.2, 0) is 0 Å². The van der Waals surface area contributed by atoms with Crippen LogP contribution >= 0.6 is 11.8 Å². The Kier molecular flexibility index (Phi) is 5.32. The fraction of sp³-hybridized carbons (Fsp3) is 0.167. The minimum atomic E-state index is 0.173. The Balaban J connectivity index is 2.06. The first kappa shape index (κ1) is 15.0. The largest absolute Gasteiger partial charge is 0.491 e. The number of hydrogen-bond acceptors (Lipinski definition) is 3. The highest BCUT2D eigenvalue weighted by molar-refractivity contribution is 8.03. The molecule has 2 aromatic carbocycles. The zero-order valence-corrected chi connectivity index (χ0v) is 12.8. The maximum Gasteiger partial charge on any atom is 0.138 e. The number of nitrogens with zero attached hydrogens (tertiary/aromatic N) is 1. The molecule has 0 fully saturated rings. The lowest BCUT2D eigenvalue weighted by Crippen LogP contribution is -2.05. The standard InChI is InChI=1S/C18H15NOS/c1-14(2)20-17-9-5-15(6-10-17)3-4-16-7-11-18(12-8-16)21-13-19/h5-12,14H,1-2H3. The fourth-order valence-corrected chi connectivity index (χ4v) is 2.07. The zero-order chi connectivity index (χ0) is 15.1. The van der Waals surface area contributed by atoms with Crippen molar-refractivity contribution in [3.63, 3.8) is 0 Å². The quantitative estimate of drug-likeness (QED) is 0.476. The van der Waals surface area contributed by atoms with Crippen LogP contribution in [0.15, 0.2) is 53.4 Å². The normalized spacial score (nSPS) is 9.62. The molecule has 0 N–H and O–H groups in total. The van der Waals surface area contributed by atoms with Gasteiger partial charge in [-0.15, -0.1) is 0 Å². The lowest BCUT2D eigenvalue weighted by Gasteiger charge is -2.08. The van der Waals surface area contributed by atoms with E-state index in [4.69, 9.17) is 10.00 Å². The summed E-state index contributed by atoms with van der Waals surface area (Å²) in [5.74, 6) is 7.08. The second kappa shape index (κ2) is 7.43. The Morgan fingerprint density at radius 3 is 1.90 bits per heavy atom. The zero-order valence-electron chi connectivity index (χ0n) is 12.0. The minimum absolute atomic E-state index is 0.173. The summed E-state index contributed by atoms with van der Waals surface area (Å²) in [6.45, 7) is 4.00. The lowest BCUT2D eigenvalue weighted by molar-refractivity contribution is 0.242. The highest BCUT2D eigenvalue weighted by atomic mass is 32.2. The molecular weight excluding hydrogens is 278 g/mol. The maximum absolute atomic E-state index is 8.59. The molecular formula is C18H15NOS. The van der Waals surface area contributed by atoms with E-state index in [0.29, 0.717) is 0 Å². The number of thiocyanates is 1. The van der Waals surface area contributed by atoms with Gasteiger partial charge in [-0.3, -0.25) is 0 Å². The van der Waals surface area contributed by atoms with Crippen molar-refractivity contribution in [1.29, 1.82) is 5.26 Å². The van der Waals surface area contributed by atoms with Gasteiger partial charge in [0.1, 0.15) is 11.2 Å². The highest BCUT2D eigenvalue weighted by Gasteiger charge is 1.96. The van der Waals surface area contributed by atoms with Gasteiger partial charge in [-0.25, -0.2) is 0 Å². The monoisotopic (exact) mass is 293 g/mol. The number of benzene rings is 2. The van der Waals surface area contributed by atoms with E-state index in [1.54, 1.807) is 0 Å². The first-order chi connectivity index (χ1) is 10.2. The molecule has 0 aliphatic heterocycles. The smallest absolute Gasteiger partial charge is 0.138 e. The molecule has 0 radical (unpaired) electrons. The van der Waals surface area contributed by atoms with Crippen molar-refractivity contribution in [2.24, 2.45) is 0 Å². The molecule has 21 heavy (non-hydrogen) atoms. The van der Waals surface area contributed by atoms with E-state index in [2.05, 4.69) is 11.8 Å². The Morgan fingerprint density at radius 1 is 0.905 bits per heavy atom. The highest BCUT2D eigenvalue weighted by Crippen LogP contribution is 2.16. The summed E-state index contributed by atoms with van der Waals surface area (Å²) in [7, 11) is 0. The topological polar surface area (TPSA) is 33.0 Å². The third-order valence-electron chi connectivity index (χ3n) is 2.60. The molecule has 0 unspecified atom stereocenters. The molecule has 0 saturated heterocycles. The summed E-state index contributed by atoms with van der Waals surface area (Å²) in [6.07, 6.45) is 0.173. The van der Waals surface area contributed by atoms with Gasteiger partial charge < -0.3 is 4.74 Å². The van der Waals surface area contributed by atoms with Gasteiger partial charge in [0, 0.05) is 16.0 Å². The Morgan fingerprint density at radius 2 is 1.43 bits per heavy atom.